The summed E-state index contributed by atoms with van der Waals surface area (Å²) in [7, 11) is 3.25. The van der Waals surface area contributed by atoms with E-state index in [0.717, 1.165) is 49.2 Å². The topological polar surface area (TPSA) is 54.0 Å². The van der Waals surface area contributed by atoms with Gasteiger partial charge in [-0.05, 0) is 43.9 Å². The van der Waals surface area contributed by atoms with Crippen molar-refractivity contribution in [1.82, 2.24) is 0 Å². The van der Waals surface area contributed by atoms with Crippen molar-refractivity contribution in [3.63, 3.8) is 0 Å². The Morgan fingerprint density at radius 1 is 1.12 bits per heavy atom. The fourth-order valence-electron chi connectivity index (χ4n) is 3.18. The average molecular weight is 336 g/mol. The second-order valence-electron chi connectivity index (χ2n) is 5.99. The fourth-order valence-corrected chi connectivity index (χ4v) is 3.18. The molecule has 134 valence electrons. The van der Waals surface area contributed by atoms with Crippen molar-refractivity contribution in [2.75, 3.05) is 27.4 Å². The Morgan fingerprint density at radius 2 is 1.88 bits per heavy atom. The first kappa shape index (κ1) is 18.6. The lowest BCUT2D eigenvalue weighted by Gasteiger charge is -2.29. The van der Waals surface area contributed by atoms with Crippen LogP contribution >= 0.6 is 0 Å². The van der Waals surface area contributed by atoms with Crippen LogP contribution in [0.4, 0.5) is 0 Å². The Labute approximate surface area is 144 Å². The Balaban J connectivity index is 1.89. The lowest BCUT2D eigenvalue weighted by atomic mass is 9.86. The van der Waals surface area contributed by atoms with Crippen molar-refractivity contribution in [2.24, 2.45) is 5.92 Å². The molecule has 0 radical (unpaired) electrons. The summed E-state index contributed by atoms with van der Waals surface area (Å²) in [5.74, 6) is 1.20. The number of ether oxygens (including phenoxy) is 4. The van der Waals surface area contributed by atoms with Gasteiger partial charge >= 0.3 is 5.97 Å². The summed E-state index contributed by atoms with van der Waals surface area (Å²) in [4.78, 5) is 12.1. The van der Waals surface area contributed by atoms with Crippen LogP contribution in [-0.4, -0.2) is 39.5 Å². The Morgan fingerprint density at radius 3 is 2.58 bits per heavy atom. The van der Waals surface area contributed by atoms with E-state index in [0.29, 0.717) is 13.2 Å². The monoisotopic (exact) mass is 336 g/mol. The molecule has 2 atom stereocenters. The van der Waals surface area contributed by atoms with Gasteiger partial charge < -0.3 is 18.9 Å². The summed E-state index contributed by atoms with van der Waals surface area (Å²) in [5.41, 5.74) is 1.12. The van der Waals surface area contributed by atoms with Gasteiger partial charge in [-0.2, -0.15) is 0 Å². The third kappa shape index (κ3) is 4.87. The molecule has 1 aliphatic rings. The van der Waals surface area contributed by atoms with Crippen LogP contribution in [0.25, 0.3) is 0 Å². The van der Waals surface area contributed by atoms with E-state index in [-0.39, 0.29) is 18.0 Å². The predicted octanol–water partition coefficient (Wildman–Crippen LogP) is 3.38. The van der Waals surface area contributed by atoms with E-state index in [9.17, 15) is 4.79 Å². The highest BCUT2D eigenvalue weighted by Gasteiger charge is 2.32. The Bertz CT molecular complexity index is 528. The minimum Gasteiger partial charge on any atom is -0.493 e. The summed E-state index contributed by atoms with van der Waals surface area (Å²) >= 11 is 0. The maximum absolute atomic E-state index is 12.1. The molecule has 1 aromatic rings. The molecule has 2 rings (SSSR count). The van der Waals surface area contributed by atoms with Gasteiger partial charge in [-0.25, -0.2) is 0 Å². The van der Waals surface area contributed by atoms with E-state index >= 15 is 0 Å². The predicted molar refractivity (Wildman–Crippen MR) is 91.6 cm³/mol. The van der Waals surface area contributed by atoms with Crippen molar-refractivity contribution in [3.8, 4) is 11.5 Å². The third-order valence-corrected chi connectivity index (χ3v) is 4.46. The Hall–Kier alpha value is -1.75. The number of carbonyl (C=O) groups excluding carboxylic acids is 1. The van der Waals surface area contributed by atoms with Crippen LogP contribution in [0.3, 0.4) is 0 Å². The highest BCUT2D eigenvalue weighted by molar-refractivity contribution is 5.73. The largest absolute Gasteiger partial charge is 0.493 e. The number of esters is 1. The number of rotatable bonds is 8. The van der Waals surface area contributed by atoms with Crippen LogP contribution in [-0.2, 0) is 20.7 Å². The number of methoxy groups -OCH3 is 2. The summed E-state index contributed by atoms with van der Waals surface area (Å²) in [6.07, 6.45) is 4.70. The van der Waals surface area contributed by atoms with Crippen LogP contribution in [0.1, 0.15) is 38.2 Å². The summed E-state index contributed by atoms with van der Waals surface area (Å²) in [6, 6.07) is 5.87. The second-order valence-corrected chi connectivity index (χ2v) is 5.99. The summed E-state index contributed by atoms with van der Waals surface area (Å²) < 4.78 is 21.8. The summed E-state index contributed by atoms with van der Waals surface area (Å²) in [6.45, 7) is 2.84. The van der Waals surface area contributed by atoms with E-state index in [1.54, 1.807) is 14.2 Å². The molecule has 0 aliphatic heterocycles. The van der Waals surface area contributed by atoms with Crippen molar-refractivity contribution in [2.45, 2.75) is 45.1 Å². The average Bonchev–Trinajstić information content (AvgIpc) is 2.62. The number of hydrogen-bond donors (Lipinski definition) is 0. The molecule has 5 nitrogen and oxygen atoms in total. The molecule has 0 N–H and O–H groups in total. The zero-order valence-electron chi connectivity index (χ0n) is 14.9. The van der Waals surface area contributed by atoms with E-state index in [1.165, 1.54) is 0 Å². The molecule has 0 aromatic heterocycles. The van der Waals surface area contributed by atoms with Gasteiger partial charge in [0.15, 0.2) is 11.5 Å². The molecule has 24 heavy (non-hydrogen) atoms. The first-order valence-electron chi connectivity index (χ1n) is 8.68. The molecule has 0 saturated heterocycles. The molecule has 1 saturated carbocycles. The smallest absolute Gasteiger partial charge is 0.311 e. The standard InChI is InChI=1S/C19H28O5/c1-4-23-19(20)15-7-5-6-8-16(15)24-12-11-14-9-10-17(21-2)18(13-14)22-3/h9-10,13,15-16H,4-8,11-12H2,1-3H3/t15-,16-/m1/s1. The van der Waals surface area contributed by atoms with Gasteiger partial charge in [0.05, 0.1) is 39.5 Å². The lowest BCUT2D eigenvalue weighted by Crippen LogP contribution is -2.35. The summed E-state index contributed by atoms with van der Waals surface area (Å²) in [5, 5.41) is 0. The van der Waals surface area contributed by atoms with Crippen molar-refractivity contribution < 1.29 is 23.7 Å². The first-order valence-corrected chi connectivity index (χ1v) is 8.68. The number of carbonyl (C=O) groups is 1. The molecule has 0 heterocycles. The van der Waals surface area contributed by atoms with Gasteiger partial charge in [0.2, 0.25) is 0 Å². The number of benzene rings is 1. The Kier molecular flexibility index (Phi) is 7.37. The molecular formula is C19H28O5. The maximum Gasteiger partial charge on any atom is 0.311 e. The van der Waals surface area contributed by atoms with Crippen LogP contribution in [0.2, 0.25) is 0 Å². The van der Waals surface area contributed by atoms with Crippen LogP contribution in [0.5, 0.6) is 11.5 Å². The van der Waals surface area contributed by atoms with Crippen molar-refractivity contribution >= 4 is 5.97 Å². The first-order chi connectivity index (χ1) is 11.7. The molecule has 0 unspecified atom stereocenters. The fraction of sp³-hybridized carbons (Fsp3) is 0.632. The third-order valence-electron chi connectivity index (χ3n) is 4.46. The lowest BCUT2D eigenvalue weighted by molar-refractivity contribution is -0.156. The van der Waals surface area contributed by atoms with Crippen LogP contribution in [0, 0.1) is 5.92 Å². The molecule has 1 aliphatic carbocycles. The molecule has 1 fully saturated rings. The highest BCUT2D eigenvalue weighted by atomic mass is 16.5. The van der Waals surface area contributed by atoms with Gasteiger partial charge in [-0.1, -0.05) is 18.9 Å². The minimum absolute atomic E-state index is 0.0297. The van der Waals surface area contributed by atoms with E-state index in [4.69, 9.17) is 18.9 Å². The highest BCUT2D eigenvalue weighted by Crippen LogP contribution is 2.29. The zero-order valence-corrected chi connectivity index (χ0v) is 14.9. The number of hydrogen-bond acceptors (Lipinski definition) is 5. The molecular weight excluding hydrogens is 308 g/mol. The SMILES string of the molecule is CCOC(=O)[C@@H]1CCCC[C@H]1OCCc1ccc(OC)c(OC)c1. The van der Waals surface area contributed by atoms with Gasteiger partial charge in [0, 0.05) is 0 Å². The van der Waals surface area contributed by atoms with E-state index < -0.39 is 0 Å². The van der Waals surface area contributed by atoms with Gasteiger partial charge in [-0.3, -0.25) is 4.79 Å². The van der Waals surface area contributed by atoms with Crippen LogP contribution < -0.4 is 9.47 Å². The minimum atomic E-state index is -0.121. The van der Waals surface area contributed by atoms with Gasteiger partial charge in [0.1, 0.15) is 0 Å². The van der Waals surface area contributed by atoms with E-state index in [1.807, 2.05) is 25.1 Å². The quantitative estimate of drug-likeness (QED) is 0.681. The zero-order chi connectivity index (χ0) is 17.4. The second kappa shape index (κ2) is 9.52. The van der Waals surface area contributed by atoms with Crippen LogP contribution in [0.15, 0.2) is 18.2 Å². The van der Waals surface area contributed by atoms with Gasteiger partial charge in [0.25, 0.3) is 0 Å². The van der Waals surface area contributed by atoms with Crippen molar-refractivity contribution in [3.05, 3.63) is 23.8 Å². The normalized spacial score (nSPS) is 20.5. The molecule has 1 aromatic carbocycles. The molecule has 5 heteroatoms. The molecule has 0 amide bonds. The molecule has 0 bridgehead atoms. The van der Waals surface area contributed by atoms with Crippen molar-refractivity contribution in [1.29, 1.82) is 0 Å². The molecule has 0 spiro atoms. The van der Waals surface area contributed by atoms with Gasteiger partial charge in [-0.15, -0.1) is 0 Å². The maximum atomic E-state index is 12.1. The van der Waals surface area contributed by atoms with E-state index in [2.05, 4.69) is 0 Å².